The number of unbranched alkanes of at least 4 members (excludes halogenated alkanes) is 1. The Hall–Kier alpha value is -0.120. The van der Waals surface area contributed by atoms with Gasteiger partial charge in [-0.3, -0.25) is 0 Å². The first-order valence-corrected chi connectivity index (χ1v) is 10.0. The summed E-state index contributed by atoms with van der Waals surface area (Å²) in [6.45, 7) is 18.3. The SMILES string of the molecule is CCN(CC)CCNCCCCOC1CCC(C(C)(C)C)CC1. The standard InChI is InChI=1S/C20H42N2O/c1-6-22(7-2)16-15-21-14-8-9-17-23-19-12-10-18(11-13-19)20(3,4)5/h18-19,21H,6-17H2,1-5H3. The highest BCUT2D eigenvalue weighted by molar-refractivity contribution is 4.80. The van der Waals surface area contributed by atoms with E-state index in [1.54, 1.807) is 0 Å². The van der Waals surface area contributed by atoms with Gasteiger partial charge in [0.25, 0.3) is 0 Å². The molecule has 1 fully saturated rings. The van der Waals surface area contributed by atoms with Crippen LogP contribution in [-0.2, 0) is 4.74 Å². The zero-order valence-corrected chi connectivity index (χ0v) is 16.5. The quantitative estimate of drug-likeness (QED) is 0.572. The summed E-state index contributed by atoms with van der Waals surface area (Å²) in [5.41, 5.74) is 0.474. The van der Waals surface area contributed by atoms with Crippen LogP contribution in [-0.4, -0.2) is 50.3 Å². The fourth-order valence-electron chi connectivity index (χ4n) is 3.60. The highest BCUT2D eigenvalue weighted by Gasteiger charge is 2.29. The van der Waals surface area contributed by atoms with Gasteiger partial charge in [0.15, 0.2) is 0 Å². The molecule has 3 nitrogen and oxygen atoms in total. The number of ether oxygens (including phenoxy) is 1. The highest BCUT2D eigenvalue weighted by atomic mass is 16.5. The smallest absolute Gasteiger partial charge is 0.0575 e. The van der Waals surface area contributed by atoms with Crippen molar-refractivity contribution in [3.05, 3.63) is 0 Å². The van der Waals surface area contributed by atoms with Crippen LogP contribution < -0.4 is 5.32 Å². The van der Waals surface area contributed by atoms with Gasteiger partial charge in [-0.25, -0.2) is 0 Å². The Morgan fingerprint density at radius 3 is 2.17 bits per heavy atom. The fraction of sp³-hybridized carbons (Fsp3) is 1.00. The Labute approximate surface area is 145 Å². The number of rotatable bonds is 11. The highest BCUT2D eigenvalue weighted by Crippen LogP contribution is 2.38. The van der Waals surface area contributed by atoms with Crippen LogP contribution in [0.2, 0.25) is 0 Å². The normalized spacial score (nSPS) is 22.7. The number of nitrogens with zero attached hydrogens (tertiary/aromatic N) is 1. The second-order valence-corrected chi connectivity index (χ2v) is 8.19. The summed E-state index contributed by atoms with van der Waals surface area (Å²) in [4.78, 5) is 2.46. The fourth-order valence-corrected chi connectivity index (χ4v) is 3.60. The molecule has 0 aliphatic heterocycles. The average molecular weight is 327 g/mol. The Kier molecular flexibility index (Phi) is 10.4. The van der Waals surface area contributed by atoms with E-state index in [9.17, 15) is 0 Å². The molecule has 0 heterocycles. The van der Waals surface area contributed by atoms with Crippen LogP contribution in [0.25, 0.3) is 0 Å². The van der Waals surface area contributed by atoms with Crippen LogP contribution in [0, 0.1) is 11.3 Å². The Balaban J connectivity index is 1.92. The Morgan fingerprint density at radius 2 is 1.61 bits per heavy atom. The molecule has 0 aromatic heterocycles. The molecule has 0 atom stereocenters. The van der Waals surface area contributed by atoms with Crippen LogP contribution in [0.3, 0.4) is 0 Å². The molecule has 1 aliphatic rings. The summed E-state index contributed by atoms with van der Waals surface area (Å²) in [6, 6.07) is 0. The van der Waals surface area contributed by atoms with E-state index >= 15 is 0 Å². The summed E-state index contributed by atoms with van der Waals surface area (Å²) in [6.07, 6.45) is 8.19. The lowest BCUT2D eigenvalue weighted by Crippen LogP contribution is -2.32. The van der Waals surface area contributed by atoms with E-state index in [4.69, 9.17) is 4.74 Å². The van der Waals surface area contributed by atoms with E-state index < -0.39 is 0 Å². The van der Waals surface area contributed by atoms with Crippen molar-refractivity contribution in [1.29, 1.82) is 0 Å². The molecule has 0 aromatic rings. The summed E-state index contributed by atoms with van der Waals surface area (Å²) in [5, 5.41) is 3.55. The lowest BCUT2D eigenvalue weighted by molar-refractivity contribution is 0.00240. The molecule has 0 unspecified atom stereocenters. The van der Waals surface area contributed by atoms with Gasteiger partial charge < -0.3 is 15.0 Å². The molecule has 1 rings (SSSR count). The summed E-state index contributed by atoms with van der Waals surface area (Å²) in [7, 11) is 0. The molecule has 0 saturated heterocycles. The summed E-state index contributed by atoms with van der Waals surface area (Å²) < 4.78 is 6.09. The minimum Gasteiger partial charge on any atom is -0.378 e. The lowest BCUT2D eigenvalue weighted by atomic mass is 9.72. The first kappa shape index (κ1) is 20.9. The molecule has 1 N–H and O–H groups in total. The van der Waals surface area contributed by atoms with E-state index in [0.717, 1.165) is 38.7 Å². The molecule has 1 aliphatic carbocycles. The minimum atomic E-state index is 0.474. The largest absolute Gasteiger partial charge is 0.378 e. The number of hydrogen-bond donors (Lipinski definition) is 1. The van der Waals surface area contributed by atoms with Crippen molar-refractivity contribution in [3.63, 3.8) is 0 Å². The molecule has 0 bridgehead atoms. The lowest BCUT2D eigenvalue weighted by Gasteiger charge is -2.36. The zero-order chi connectivity index (χ0) is 17.1. The number of nitrogens with one attached hydrogen (secondary N) is 1. The van der Waals surface area contributed by atoms with Crippen LogP contribution in [0.4, 0.5) is 0 Å². The molecular weight excluding hydrogens is 284 g/mol. The van der Waals surface area contributed by atoms with Gasteiger partial charge in [-0.2, -0.15) is 0 Å². The van der Waals surface area contributed by atoms with Crippen LogP contribution >= 0.6 is 0 Å². The third kappa shape index (κ3) is 9.07. The van der Waals surface area contributed by atoms with Crippen molar-refractivity contribution in [3.8, 4) is 0 Å². The van der Waals surface area contributed by atoms with E-state index in [0.29, 0.717) is 11.5 Å². The molecule has 3 heteroatoms. The van der Waals surface area contributed by atoms with Gasteiger partial charge in [-0.15, -0.1) is 0 Å². The molecule has 0 aromatic carbocycles. The topological polar surface area (TPSA) is 24.5 Å². The van der Waals surface area contributed by atoms with Gasteiger partial charge >= 0.3 is 0 Å². The van der Waals surface area contributed by atoms with Gasteiger partial charge in [-0.1, -0.05) is 34.6 Å². The monoisotopic (exact) mass is 326 g/mol. The van der Waals surface area contributed by atoms with E-state index in [1.807, 2.05) is 0 Å². The average Bonchev–Trinajstić information content (AvgIpc) is 2.53. The first-order valence-electron chi connectivity index (χ1n) is 10.0. The Bertz CT molecular complexity index is 276. The van der Waals surface area contributed by atoms with Crippen molar-refractivity contribution in [2.24, 2.45) is 11.3 Å². The van der Waals surface area contributed by atoms with Gasteiger partial charge in [0.2, 0.25) is 0 Å². The second-order valence-electron chi connectivity index (χ2n) is 8.19. The van der Waals surface area contributed by atoms with Crippen molar-refractivity contribution in [1.82, 2.24) is 10.2 Å². The van der Waals surface area contributed by atoms with Crippen molar-refractivity contribution in [2.45, 2.75) is 79.2 Å². The van der Waals surface area contributed by atoms with E-state index in [1.165, 1.54) is 45.1 Å². The van der Waals surface area contributed by atoms with E-state index in [2.05, 4.69) is 44.8 Å². The predicted octanol–water partition coefficient (Wildman–Crippen LogP) is 4.32. The maximum atomic E-state index is 6.09. The maximum absolute atomic E-state index is 6.09. The summed E-state index contributed by atoms with van der Waals surface area (Å²) in [5.74, 6) is 0.886. The van der Waals surface area contributed by atoms with Crippen LogP contribution in [0.5, 0.6) is 0 Å². The van der Waals surface area contributed by atoms with Crippen molar-refractivity contribution in [2.75, 3.05) is 39.3 Å². The van der Waals surface area contributed by atoms with Gasteiger partial charge in [0.05, 0.1) is 6.10 Å². The first-order chi connectivity index (χ1) is 11.0. The molecule has 0 radical (unpaired) electrons. The van der Waals surface area contributed by atoms with Gasteiger partial charge in [-0.05, 0) is 69.5 Å². The molecular formula is C20H42N2O. The molecule has 1 saturated carbocycles. The molecule has 23 heavy (non-hydrogen) atoms. The number of likely N-dealkylation sites (N-methyl/N-ethyl adjacent to an activating group) is 1. The molecule has 0 spiro atoms. The summed E-state index contributed by atoms with van der Waals surface area (Å²) >= 11 is 0. The van der Waals surface area contributed by atoms with Gasteiger partial charge in [0, 0.05) is 19.7 Å². The van der Waals surface area contributed by atoms with Crippen LogP contribution in [0.1, 0.15) is 73.1 Å². The third-order valence-corrected chi connectivity index (χ3v) is 5.50. The van der Waals surface area contributed by atoms with E-state index in [-0.39, 0.29) is 0 Å². The predicted molar refractivity (Wildman–Crippen MR) is 101 cm³/mol. The number of hydrogen-bond acceptors (Lipinski definition) is 3. The van der Waals surface area contributed by atoms with Crippen LogP contribution in [0.15, 0.2) is 0 Å². The zero-order valence-electron chi connectivity index (χ0n) is 16.5. The minimum absolute atomic E-state index is 0.474. The van der Waals surface area contributed by atoms with Crippen molar-refractivity contribution >= 4 is 0 Å². The van der Waals surface area contributed by atoms with Gasteiger partial charge in [0.1, 0.15) is 0 Å². The molecule has 0 amide bonds. The Morgan fingerprint density at radius 1 is 0.957 bits per heavy atom. The maximum Gasteiger partial charge on any atom is 0.0575 e. The second kappa shape index (κ2) is 11.4. The molecule has 138 valence electrons. The van der Waals surface area contributed by atoms with Crippen molar-refractivity contribution < 1.29 is 4.74 Å². The third-order valence-electron chi connectivity index (χ3n) is 5.50.